The standard InChI is InChI=1S/C27H30N2O2S2/c1-17-6-8-22-20(10-17)13-28(15-30-22)26-19(3)27(25(33-5)12-24(26)32-4)29-14-21-11-18(2)7-9-23(21)31-16-29/h6-12H,13-16H2,1-5H3. The van der Waals surface area contributed by atoms with Crippen molar-refractivity contribution in [3.8, 4) is 11.5 Å². The Balaban J connectivity index is 1.57. The van der Waals surface area contributed by atoms with E-state index >= 15 is 0 Å². The molecule has 2 heterocycles. The van der Waals surface area contributed by atoms with Crippen molar-refractivity contribution in [2.24, 2.45) is 0 Å². The van der Waals surface area contributed by atoms with E-state index in [4.69, 9.17) is 9.47 Å². The lowest BCUT2D eigenvalue weighted by Crippen LogP contribution is -2.35. The fourth-order valence-corrected chi connectivity index (χ4v) is 6.36. The molecule has 3 aromatic carbocycles. The van der Waals surface area contributed by atoms with E-state index in [2.05, 4.69) is 85.5 Å². The van der Waals surface area contributed by atoms with Gasteiger partial charge in [-0.15, -0.1) is 23.5 Å². The first kappa shape index (κ1) is 22.4. The second kappa shape index (κ2) is 9.07. The van der Waals surface area contributed by atoms with Gasteiger partial charge in [0.25, 0.3) is 0 Å². The Kier molecular flexibility index (Phi) is 6.14. The maximum atomic E-state index is 6.17. The van der Waals surface area contributed by atoms with Crippen LogP contribution in [0.25, 0.3) is 0 Å². The van der Waals surface area contributed by atoms with Crippen molar-refractivity contribution < 1.29 is 9.47 Å². The van der Waals surface area contributed by atoms with Crippen molar-refractivity contribution >= 4 is 34.9 Å². The second-order valence-electron chi connectivity index (χ2n) is 8.77. The van der Waals surface area contributed by atoms with Gasteiger partial charge < -0.3 is 19.3 Å². The van der Waals surface area contributed by atoms with E-state index in [-0.39, 0.29) is 0 Å². The van der Waals surface area contributed by atoms with Crippen molar-refractivity contribution in [1.82, 2.24) is 0 Å². The van der Waals surface area contributed by atoms with Gasteiger partial charge in [0.1, 0.15) is 11.5 Å². The summed E-state index contributed by atoms with van der Waals surface area (Å²) in [6.45, 7) is 9.34. The predicted octanol–water partition coefficient (Wildman–Crippen LogP) is 6.77. The summed E-state index contributed by atoms with van der Waals surface area (Å²) in [6.07, 6.45) is 4.32. The van der Waals surface area contributed by atoms with Gasteiger partial charge in [0.15, 0.2) is 13.5 Å². The van der Waals surface area contributed by atoms with Gasteiger partial charge in [0.05, 0.1) is 11.4 Å². The molecule has 33 heavy (non-hydrogen) atoms. The minimum Gasteiger partial charge on any atom is -0.473 e. The third-order valence-corrected chi connectivity index (χ3v) is 7.92. The van der Waals surface area contributed by atoms with Crippen LogP contribution in [-0.2, 0) is 13.1 Å². The van der Waals surface area contributed by atoms with Gasteiger partial charge >= 0.3 is 0 Å². The SMILES string of the molecule is CSc1cc(SC)c(N2COc3ccc(C)cc3C2)c(C)c1N1COc2ccc(C)cc2C1. The van der Waals surface area contributed by atoms with Crippen LogP contribution in [0.2, 0.25) is 0 Å². The summed E-state index contributed by atoms with van der Waals surface area (Å²) in [5.74, 6) is 2.00. The zero-order valence-electron chi connectivity index (χ0n) is 19.9. The van der Waals surface area contributed by atoms with Gasteiger partial charge in [-0.1, -0.05) is 35.4 Å². The van der Waals surface area contributed by atoms with E-state index < -0.39 is 0 Å². The van der Waals surface area contributed by atoms with Crippen molar-refractivity contribution in [1.29, 1.82) is 0 Å². The number of nitrogens with zero attached hydrogens (tertiary/aromatic N) is 2. The van der Waals surface area contributed by atoms with Crippen molar-refractivity contribution in [3.05, 3.63) is 70.3 Å². The fraction of sp³-hybridized carbons (Fsp3) is 0.333. The molecule has 0 aromatic heterocycles. The molecule has 0 unspecified atom stereocenters. The molecule has 0 radical (unpaired) electrons. The third-order valence-electron chi connectivity index (χ3n) is 6.42. The van der Waals surface area contributed by atoms with Crippen molar-refractivity contribution in [3.63, 3.8) is 0 Å². The number of benzene rings is 3. The Morgan fingerprint density at radius 1 is 0.667 bits per heavy atom. The Labute approximate surface area is 205 Å². The van der Waals surface area contributed by atoms with Gasteiger partial charge in [-0.25, -0.2) is 0 Å². The van der Waals surface area contributed by atoms with E-state index in [1.807, 2.05) is 0 Å². The van der Waals surface area contributed by atoms with Gasteiger partial charge in [-0.3, -0.25) is 0 Å². The lowest BCUT2D eigenvalue weighted by molar-refractivity contribution is 0.286. The smallest absolute Gasteiger partial charge is 0.161 e. The van der Waals surface area contributed by atoms with Crippen LogP contribution in [0.1, 0.15) is 27.8 Å². The number of ether oxygens (including phenoxy) is 2. The molecule has 0 saturated heterocycles. The molecule has 2 aliphatic heterocycles. The lowest BCUT2D eigenvalue weighted by atomic mass is 10.0. The molecule has 172 valence electrons. The molecule has 3 aromatic rings. The number of anilines is 2. The molecule has 0 amide bonds. The fourth-order valence-electron chi connectivity index (χ4n) is 4.86. The molecule has 0 atom stereocenters. The molecular formula is C27H30N2O2S2. The highest BCUT2D eigenvalue weighted by Crippen LogP contribution is 2.46. The van der Waals surface area contributed by atoms with Gasteiger partial charge in [0, 0.05) is 34.0 Å². The number of rotatable bonds is 4. The maximum Gasteiger partial charge on any atom is 0.161 e. The first-order valence-corrected chi connectivity index (χ1v) is 13.6. The van der Waals surface area contributed by atoms with Crippen molar-refractivity contribution in [2.45, 2.75) is 43.7 Å². The van der Waals surface area contributed by atoms with E-state index in [0.717, 1.165) is 24.6 Å². The number of thioether (sulfide) groups is 2. The van der Waals surface area contributed by atoms with Crippen LogP contribution >= 0.6 is 23.5 Å². The Morgan fingerprint density at radius 2 is 1.12 bits per heavy atom. The average molecular weight is 479 g/mol. The number of hydrogen-bond acceptors (Lipinski definition) is 6. The average Bonchev–Trinajstić information content (AvgIpc) is 2.82. The topological polar surface area (TPSA) is 24.9 Å². The summed E-state index contributed by atoms with van der Waals surface area (Å²) < 4.78 is 12.3. The van der Waals surface area contributed by atoms with Gasteiger partial charge in [-0.05, 0) is 57.0 Å². The molecular weight excluding hydrogens is 448 g/mol. The van der Waals surface area contributed by atoms with E-state index in [9.17, 15) is 0 Å². The molecule has 0 aliphatic carbocycles. The van der Waals surface area contributed by atoms with Crippen LogP contribution in [0.4, 0.5) is 11.4 Å². The normalized spacial score (nSPS) is 14.9. The number of aryl methyl sites for hydroxylation is 2. The Morgan fingerprint density at radius 3 is 1.55 bits per heavy atom. The van der Waals surface area contributed by atoms with Crippen LogP contribution in [0.15, 0.2) is 52.3 Å². The minimum atomic E-state index is 0.557. The molecule has 2 aliphatic rings. The second-order valence-corrected chi connectivity index (χ2v) is 10.5. The highest BCUT2D eigenvalue weighted by atomic mass is 32.2. The van der Waals surface area contributed by atoms with Crippen LogP contribution < -0.4 is 19.3 Å². The summed E-state index contributed by atoms with van der Waals surface area (Å²) in [5, 5.41) is 0. The summed E-state index contributed by atoms with van der Waals surface area (Å²) >= 11 is 3.61. The Bertz CT molecular complexity index is 1120. The van der Waals surface area contributed by atoms with Gasteiger partial charge in [0.2, 0.25) is 0 Å². The lowest BCUT2D eigenvalue weighted by Gasteiger charge is -2.37. The molecule has 0 fully saturated rings. The summed E-state index contributed by atoms with van der Waals surface area (Å²) in [6, 6.07) is 15.2. The van der Waals surface area contributed by atoms with Crippen LogP contribution in [-0.4, -0.2) is 26.0 Å². The third kappa shape index (κ3) is 4.15. The molecule has 0 spiro atoms. The van der Waals surface area contributed by atoms with Crippen molar-refractivity contribution in [2.75, 3.05) is 35.8 Å². The van der Waals surface area contributed by atoms with Crippen LogP contribution in [0, 0.1) is 20.8 Å². The largest absolute Gasteiger partial charge is 0.473 e. The van der Waals surface area contributed by atoms with E-state index in [1.165, 1.54) is 49.0 Å². The molecule has 0 bridgehead atoms. The molecule has 4 nitrogen and oxygen atoms in total. The molecule has 0 saturated carbocycles. The first-order chi connectivity index (χ1) is 16.0. The van der Waals surface area contributed by atoms with E-state index in [1.54, 1.807) is 23.5 Å². The monoisotopic (exact) mass is 478 g/mol. The molecule has 6 heteroatoms. The zero-order chi connectivity index (χ0) is 23.1. The number of hydrogen-bond donors (Lipinski definition) is 0. The molecule has 5 rings (SSSR count). The highest BCUT2D eigenvalue weighted by molar-refractivity contribution is 7.99. The quantitative estimate of drug-likeness (QED) is 0.384. The summed E-state index contributed by atoms with van der Waals surface area (Å²) in [5.41, 5.74) is 8.82. The summed E-state index contributed by atoms with van der Waals surface area (Å²) in [7, 11) is 0. The van der Waals surface area contributed by atoms with E-state index in [0.29, 0.717) is 13.5 Å². The van der Waals surface area contributed by atoms with Crippen LogP contribution in [0.3, 0.4) is 0 Å². The van der Waals surface area contributed by atoms with Gasteiger partial charge in [-0.2, -0.15) is 0 Å². The zero-order valence-corrected chi connectivity index (χ0v) is 21.5. The number of fused-ring (bicyclic) bond motifs is 2. The molecule has 0 N–H and O–H groups in total. The predicted molar refractivity (Wildman–Crippen MR) is 140 cm³/mol. The highest BCUT2D eigenvalue weighted by Gasteiger charge is 2.28. The first-order valence-electron chi connectivity index (χ1n) is 11.2. The minimum absolute atomic E-state index is 0.557. The summed E-state index contributed by atoms with van der Waals surface area (Å²) in [4.78, 5) is 7.32. The Hall–Kier alpha value is -2.44. The maximum absolute atomic E-state index is 6.17. The van der Waals surface area contributed by atoms with Crippen LogP contribution in [0.5, 0.6) is 11.5 Å².